The number of benzene rings is 2. The molecule has 1 aliphatic heterocycles. The van der Waals surface area contributed by atoms with Gasteiger partial charge in [-0.05, 0) is 30.2 Å². The van der Waals surface area contributed by atoms with Gasteiger partial charge in [-0.2, -0.15) is 17.6 Å². The van der Waals surface area contributed by atoms with Crippen molar-refractivity contribution >= 4 is 37.5 Å². The van der Waals surface area contributed by atoms with Crippen LogP contribution in [0.2, 0.25) is 0 Å². The molecule has 2 aromatic heterocycles. The molecule has 3 heterocycles. The lowest BCUT2D eigenvalue weighted by Gasteiger charge is -2.30. The summed E-state index contributed by atoms with van der Waals surface area (Å²) in [6.45, 7) is 2.08. The number of amides is 1. The minimum Gasteiger partial charge on any atom is -0.375 e. The van der Waals surface area contributed by atoms with Gasteiger partial charge in [0.05, 0.1) is 32.9 Å². The molecule has 4 aromatic rings. The maximum atomic E-state index is 13.2. The van der Waals surface area contributed by atoms with Crippen LogP contribution in [0.3, 0.4) is 0 Å². The summed E-state index contributed by atoms with van der Waals surface area (Å²) < 4.78 is 27.9. The number of nitrogens with zero attached hydrogens (tertiary/aromatic N) is 4. The van der Waals surface area contributed by atoms with Gasteiger partial charge in [0.2, 0.25) is 0 Å². The van der Waals surface area contributed by atoms with E-state index in [0.29, 0.717) is 16.8 Å². The number of aromatic nitrogens is 3. The van der Waals surface area contributed by atoms with Crippen molar-refractivity contribution in [2.75, 3.05) is 0 Å². The van der Waals surface area contributed by atoms with Crippen LogP contribution >= 0.6 is 11.3 Å². The average Bonchev–Trinajstić information content (AvgIpc) is 3.52. The van der Waals surface area contributed by atoms with Crippen LogP contribution in [0.25, 0.3) is 10.2 Å². The Hall–Kier alpha value is -3.08. The van der Waals surface area contributed by atoms with Crippen molar-refractivity contribution in [1.82, 2.24) is 19.1 Å². The highest BCUT2D eigenvalue weighted by atomic mass is 32.2. The zero-order chi connectivity index (χ0) is 22.5. The summed E-state index contributed by atoms with van der Waals surface area (Å²) in [6, 6.07) is 13.6. The highest BCUT2D eigenvalue weighted by Gasteiger charge is 2.42. The topological polar surface area (TPSA) is 105 Å². The van der Waals surface area contributed by atoms with E-state index < -0.39 is 21.5 Å². The maximum absolute atomic E-state index is 13.2. The van der Waals surface area contributed by atoms with Gasteiger partial charge in [-0.15, -0.1) is 11.3 Å². The standard InChI is InChI=1S/C22H20N4O4S2/c1-2-22(28,16-6-4-3-5-7-16)21(27)25-11-15-12-26(24-19(15)13-25)32(29,30)17-8-9-18-20(10-17)31-14-23-18/h3-10,12,14,28H,2,11,13H2,1H3. The fourth-order valence-electron chi connectivity index (χ4n) is 3.95. The van der Waals surface area contributed by atoms with E-state index in [4.69, 9.17) is 0 Å². The summed E-state index contributed by atoms with van der Waals surface area (Å²) in [6.07, 6.45) is 1.67. The Bertz CT molecular complexity index is 1410. The average molecular weight is 469 g/mol. The molecule has 0 saturated heterocycles. The fraction of sp³-hybridized carbons (Fsp3) is 0.227. The molecular weight excluding hydrogens is 448 g/mol. The van der Waals surface area contributed by atoms with Crippen molar-refractivity contribution in [1.29, 1.82) is 0 Å². The smallest absolute Gasteiger partial charge is 0.283 e. The summed E-state index contributed by atoms with van der Waals surface area (Å²) in [5.74, 6) is -0.422. The Morgan fingerprint density at radius 3 is 2.69 bits per heavy atom. The van der Waals surface area contributed by atoms with Crippen LogP contribution in [0, 0.1) is 0 Å². The number of hydrogen-bond donors (Lipinski definition) is 1. The molecule has 5 rings (SSSR count). The molecule has 0 radical (unpaired) electrons. The summed E-state index contributed by atoms with van der Waals surface area (Å²) in [5.41, 5.74) is 2.45. The first-order valence-electron chi connectivity index (χ1n) is 10.1. The lowest BCUT2D eigenvalue weighted by Crippen LogP contribution is -2.44. The van der Waals surface area contributed by atoms with Gasteiger partial charge >= 0.3 is 0 Å². The summed E-state index contributed by atoms with van der Waals surface area (Å²) in [5, 5.41) is 15.4. The van der Waals surface area contributed by atoms with Crippen molar-refractivity contribution in [2.24, 2.45) is 0 Å². The lowest BCUT2D eigenvalue weighted by molar-refractivity contribution is -0.153. The first-order valence-corrected chi connectivity index (χ1v) is 12.4. The van der Waals surface area contributed by atoms with Crippen molar-refractivity contribution in [3.63, 3.8) is 0 Å². The van der Waals surface area contributed by atoms with E-state index >= 15 is 0 Å². The summed E-state index contributed by atoms with van der Waals surface area (Å²) in [7, 11) is -3.87. The predicted octanol–water partition coefficient (Wildman–Crippen LogP) is 2.87. The summed E-state index contributed by atoms with van der Waals surface area (Å²) >= 11 is 1.37. The number of carbonyl (C=O) groups excluding carboxylic acids is 1. The SMILES string of the molecule is CCC(O)(C(=O)N1Cc2cn(S(=O)(=O)c3ccc4ncsc4c3)nc2C1)c1ccccc1. The third-order valence-corrected chi connectivity index (χ3v) is 8.13. The van der Waals surface area contributed by atoms with Crippen LogP contribution in [-0.2, 0) is 33.5 Å². The van der Waals surface area contributed by atoms with Gasteiger partial charge in [0.25, 0.3) is 15.9 Å². The zero-order valence-electron chi connectivity index (χ0n) is 17.2. The molecule has 1 atom stereocenters. The fourth-order valence-corrected chi connectivity index (χ4v) is 5.94. The van der Waals surface area contributed by atoms with E-state index in [2.05, 4.69) is 10.1 Å². The molecule has 10 heteroatoms. The van der Waals surface area contributed by atoms with Gasteiger partial charge in [-0.3, -0.25) is 4.79 Å². The molecule has 8 nitrogen and oxygen atoms in total. The Balaban J connectivity index is 1.40. The summed E-state index contributed by atoms with van der Waals surface area (Å²) in [4.78, 5) is 19.0. The van der Waals surface area contributed by atoms with E-state index in [-0.39, 0.29) is 24.4 Å². The van der Waals surface area contributed by atoms with Crippen molar-refractivity contribution < 1.29 is 18.3 Å². The molecule has 1 amide bonds. The zero-order valence-corrected chi connectivity index (χ0v) is 18.8. The largest absolute Gasteiger partial charge is 0.375 e. The molecule has 0 aliphatic carbocycles. The second-order valence-electron chi connectivity index (χ2n) is 7.70. The Kier molecular flexibility index (Phi) is 4.88. The van der Waals surface area contributed by atoms with Gasteiger partial charge in [0, 0.05) is 18.3 Å². The number of carbonyl (C=O) groups is 1. The van der Waals surface area contributed by atoms with Crippen molar-refractivity contribution in [2.45, 2.75) is 36.9 Å². The third kappa shape index (κ3) is 3.22. The van der Waals surface area contributed by atoms with E-state index in [1.807, 2.05) is 6.07 Å². The molecule has 1 aliphatic rings. The number of rotatable bonds is 5. The van der Waals surface area contributed by atoms with Crippen molar-refractivity contribution in [3.8, 4) is 0 Å². The minimum absolute atomic E-state index is 0.132. The van der Waals surface area contributed by atoms with E-state index in [1.54, 1.807) is 48.8 Å². The monoisotopic (exact) mass is 468 g/mol. The molecular formula is C22H20N4O4S2. The molecule has 164 valence electrons. The van der Waals surface area contributed by atoms with Crippen LogP contribution in [0.15, 0.2) is 65.1 Å². The first kappa shape index (κ1) is 20.8. The van der Waals surface area contributed by atoms with E-state index in [1.165, 1.54) is 28.5 Å². The highest BCUT2D eigenvalue weighted by molar-refractivity contribution is 7.89. The first-order chi connectivity index (χ1) is 15.3. The van der Waals surface area contributed by atoms with Crippen LogP contribution in [0.5, 0.6) is 0 Å². The second kappa shape index (κ2) is 7.51. The highest BCUT2D eigenvalue weighted by Crippen LogP contribution is 2.32. The van der Waals surface area contributed by atoms with Crippen LogP contribution in [0.4, 0.5) is 0 Å². The van der Waals surface area contributed by atoms with Crippen LogP contribution in [-0.4, -0.2) is 38.5 Å². The molecule has 32 heavy (non-hydrogen) atoms. The number of aliphatic hydroxyl groups is 1. The van der Waals surface area contributed by atoms with E-state index in [0.717, 1.165) is 14.3 Å². The molecule has 1 N–H and O–H groups in total. The second-order valence-corrected chi connectivity index (χ2v) is 10.4. The van der Waals surface area contributed by atoms with Gasteiger partial charge in [0.1, 0.15) is 0 Å². The Morgan fingerprint density at radius 1 is 1.19 bits per heavy atom. The van der Waals surface area contributed by atoms with Crippen LogP contribution in [0.1, 0.15) is 30.2 Å². The number of hydrogen-bond acceptors (Lipinski definition) is 7. The van der Waals surface area contributed by atoms with Crippen LogP contribution < -0.4 is 0 Å². The third-order valence-electron chi connectivity index (χ3n) is 5.81. The van der Waals surface area contributed by atoms with Gasteiger partial charge in [-0.25, -0.2) is 4.98 Å². The molecule has 2 aromatic carbocycles. The molecule has 0 bridgehead atoms. The predicted molar refractivity (Wildman–Crippen MR) is 119 cm³/mol. The molecule has 0 spiro atoms. The number of thiazole rings is 1. The molecule has 0 fully saturated rings. The lowest BCUT2D eigenvalue weighted by atomic mass is 9.89. The quantitative estimate of drug-likeness (QED) is 0.483. The Morgan fingerprint density at radius 2 is 1.97 bits per heavy atom. The maximum Gasteiger partial charge on any atom is 0.283 e. The van der Waals surface area contributed by atoms with Gasteiger partial charge in [0.15, 0.2) is 5.60 Å². The molecule has 1 unspecified atom stereocenters. The number of fused-ring (bicyclic) bond motifs is 2. The van der Waals surface area contributed by atoms with E-state index in [9.17, 15) is 18.3 Å². The Labute approximate surface area is 188 Å². The normalized spacial score (nSPS) is 15.6. The van der Waals surface area contributed by atoms with Gasteiger partial charge < -0.3 is 10.0 Å². The van der Waals surface area contributed by atoms with Crippen molar-refractivity contribution in [3.05, 3.63) is 77.1 Å². The minimum atomic E-state index is -3.87. The molecule has 0 saturated carbocycles. The van der Waals surface area contributed by atoms with Gasteiger partial charge in [-0.1, -0.05) is 37.3 Å².